The van der Waals surface area contributed by atoms with Crippen LogP contribution in [0.4, 0.5) is 0 Å². The third kappa shape index (κ3) is 3.88. The number of nitrogens with zero attached hydrogens (tertiary/aromatic N) is 1. The van der Waals surface area contributed by atoms with E-state index in [1.165, 1.54) is 16.9 Å². The van der Waals surface area contributed by atoms with Gasteiger partial charge in [-0.15, -0.1) is 11.3 Å². The quantitative estimate of drug-likeness (QED) is 0.374. The Morgan fingerprint density at radius 3 is 2.77 bits per heavy atom. The van der Waals surface area contributed by atoms with Gasteiger partial charge in [-0.05, 0) is 64.9 Å². The number of aryl methyl sites for hydroxylation is 2. The molecule has 0 saturated carbocycles. The number of benzene rings is 2. The van der Waals surface area contributed by atoms with Crippen LogP contribution in [0.5, 0.6) is 11.5 Å². The van der Waals surface area contributed by atoms with Gasteiger partial charge in [-0.3, -0.25) is 4.79 Å². The molecular formula is C24H21BrN2O3S. The topological polar surface area (TPSA) is 64.2 Å². The molecule has 5 rings (SSSR count). The lowest BCUT2D eigenvalue weighted by Gasteiger charge is -2.14. The molecule has 0 radical (unpaired) electrons. The predicted octanol–water partition coefficient (Wildman–Crippen LogP) is 5.88. The summed E-state index contributed by atoms with van der Waals surface area (Å²) in [4.78, 5) is 22.8. The van der Waals surface area contributed by atoms with Crippen molar-refractivity contribution >= 4 is 37.5 Å². The van der Waals surface area contributed by atoms with E-state index in [2.05, 4.69) is 20.9 Å². The number of aromatic amines is 1. The van der Waals surface area contributed by atoms with Gasteiger partial charge < -0.3 is 14.5 Å². The van der Waals surface area contributed by atoms with Gasteiger partial charge in [0.25, 0.3) is 5.56 Å². The molecule has 0 aliphatic heterocycles. The van der Waals surface area contributed by atoms with E-state index in [1.54, 1.807) is 18.4 Å². The zero-order valence-electron chi connectivity index (χ0n) is 17.0. The first-order valence-electron chi connectivity index (χ1n) is 10.2. The standard InChI is InChI=1S/C24H21BrN2O3S/c1-29-18-12-15(11-17(25)21(18)30-13-14-7-3-2-4-8-14)22-26-23(28)20-16-9-5-6-10-19(16)31-24(20)27-22/h2-4,7-8,11-12H,5-6,9-10,13H2,1H3,(H,26,27,28). The maximum absolute atomic E-state index is 12.9. The van der Waals surface area contributed by atoms with E-state index in [1.807, 2.05) is 42.5 Å². The van der Waals surface area contributed by atoms with Crippen LogP contribution in [0, 0.1) is 0 Å². The van der Waals surface area contributed by atoms with Gasteiger partial charge >= 0.3 is 0 Å². The summed E-state index contributed by atoms with van der Waals surface area (Å²) in [5.41, 5.74) is 2.95. The first kappa shape index (κ1) is 20.3. The molecule has 4 aromatic rings. The van der Waals surface area contributed by atoms with Crippen LogP contribution in [0.25, 0.3) is 21.6 Å². The molecule has 0 atom stereocenters. The summed E-state index contributed by atoms with van der Waals surface area (Å²) in [6.07, 6.45) is 4.32. The third-order valence-corrected chi connectivity index (χ3v) is 7.33. The number of aromatic nitrogens is 2. The average Bonchev–Trinajstić information content (AvgIpc) is 3.17. The fraction of sp³-hybridized carbons (Fsp3) is 0.250. The first-order chi connectivity index (χ1) is 15.1. The Balaban J connectivity index is 1.52. The Hall–Kier alpha value is -2.64. The Bertz CT molecular complexity index is 1310. The summed E-state index contributed by atoms with van der Waals surface area (Å²) in [6, 6.07) is 13.7. The molecule has 2 aromatic carbocycles. The van der Waals surface area contributed by atoms with E-state index in [4.69, 9.17) is 14.5 Å². The van der Waals surface area contributed by atoms with Crippen LogP contribution in [0.2, 0.25) is 0 Å². The second-order valence-electron chi connectivity index (χ2n) is 7.57. The van der Waals surface area contributed by atoms with Gasteiger partial charge in [-0.2, -0.15) is 0 Å². The first-order valence-corrected chi connectivity index (χ1v) is 11.8. The molecule has 0 spiro atoms. The number of thiophene rings is 1. The van der Waals surface area contributed by atoms with Gasteiger partial charge in [0.15, 0.2) is 11.5 Å². The molecule has 0 unspecified atom stereocenters. The number of halogens is 1. The van der Waals surface area contributed by atoms with Crippen LogP contribution in [-0.4, -0.2) is 17.1 Å². The summed E-state index contributed by atoms with van der Waals surface area (Å²) < 4.78 is 12.4. The molecule has 7 heteroatoms. The minimum Gasteiger partial charge on any atom is -0.493 e. The van der Waals surface area contributed by atoms with Crippen LogP contribution in [-0.2, 0) is 19.4 Å². The van der Waals surface area contributed by atoms with Crippen LogP contribution in [0.1, 0.15) is 28.8 Å². The van der Waals surface area contributed by atoms with Crippen molar-refractivity contribution in [1.29, 1.82) is 0 Å². The van der Waals surface area contributed by atoms with Gasteiger partial charge in [0.2, 0.25) is 0 Å². The molecule has 1 aliphatic rings. The normalized spacial score (nSPS) is 13.2. The van der Waals surface area contributed by atoms with Crippen molar-refractivity contribution < 1.29 is 9.47 Å². The SMILES string of the molecule is COc1cc(-c2nc3sc4c(c3c(=O)[nH]2)CCCC4)cc(Br)c1OCc1ccccc1. The molecule has 158 valence electrons. The number of methoxy groups -OCH3 is 1. The van der Waals surface area contributed by atoms with E-state index in [0.717, 1.165) is 45.1 Å². The number of H-pyrrole nitrogens is 1. The molecule has 1 N–H and O–H groups in total. The highest BCUT2D eigenvalue weighted by Crippen LogP contribution is 2.40. The molecule has 0 amide bonds. The molecule has 5 nitrogen and oxygen atoms in total. The molecule has 31 heavy (non-hydrogen) atoms. The Labute approximate surface area is 192 Å². The van der Waals surface area contributed by atoms with Crippen molar-refractivity contribution in [3.05, 3.63) is 73.3 Å². The summed E-state index contributed by atoms with van der Waals surface area (Å²) in [5.74, 6) is 1.73. The highest BCUT2D eigenvalue weighted by atomic mass is 79.9. The predicted molar refractivity (Wildman–Crippen MR) is 127 cm³/mol. The van der Waals surface area contributed by atoms with E-state index in [-0.39, 0.29) is 5.56 Å². The maximum atomic E-state index is 12.9. The fourth-order valence-electron chi connectivity index (χ4n) is 4.03. The Kier molecular flexibility index (Phi) is 5.54. The third-order valence-electron chi connectivity index (χ3n) is 5.55. The molecule has 2 aromatic heterocycles. The van der Waals surface area contributed by atoms with E-state index in [9.17, 15) is 4.79 Å². The van der Waals surface area contributed by atoms with Crippen LogP contribution < -0.4 is 15.0 Å². The van der Waals surface area contributed by atoms with Gasteiger partial charge in [-0.25, -0.2) is 4.98 Å². The number of fused-ring (bicyclic) bond motifs is 3. The van der Waals surface area contributed by atoms with Crippen molar-refractivity contribution in [3.63, 3.8) is 0 Å². The maximum Gasteiger partial charge on any atom is 0.260 e. The average molecular weight is 497 g/mol. The number of nitrogens with one attached hydrogen (secondary N) is 1. The van der Waals surface area contributed by atoms with E-state index in [0.29, 0.717) is 23.9 Å². The summed E-state index contributed by atoms with van der Waals surface area (Å²) in [7, 11) is 1.60. The zero-order valence-corrected chi connectivity index (χ0v) is 19.4. The summed E-state index contributed by atoms with van der Waals surface area (Å²) in [5, 5.41) is 0.761. The number of hydrogen-bond donors (Lipinski definition) is 1. The molecular weight excluding hydrogens is 476 g/mol. The van der Waals surface area contributed by atoms with E-state index >= 15 is 0 Å². The lowest BCUT2D eigenvalue weighted by Crippen LogP contribution is -2.11. The summed E-state index contributed by atoms with van der Waals surface area (Å²) in [6.45, 7) is 0.428. The van der Waals surface area contributed by atoms with Crippen LogP contribution in [0.15, 0.2) is 51.7 Å². The molecule has 0 bridgehead atoms. The monoisotopic (exact) mass is 496 g/mol. The van der Waals surface area contributed by atoms with Gasteiger partial charge in [0.1, 0.15) is 17.3 Å². The largest absolute Gasteiger partial charge is 0.493 e. The van der Waals surface area contributed by atoms with Crippen LogP contribution in [0.3, 0.4) is 0 Å². The second kappa shape index (κ2) is 8.48. The number of rotatable bonds is 5. The fourth-order valence-corrected chi connectivity index (χ4v) is 5.85. The Morgan fingerprint density at radius 1 is 1.16 bits per heavy atom. The van der Waals surface area contributed by atoms with E-state index < -0.39 is 0 Å². The van der Waals surface area contributed by atoms with Crippen molar-refractivity contribution in [3.8, 4) is 22.9 Å². The minimum atomic E-state index is -0.0705. The molecule has 2 heterocycles. The Morgan fingerprint density at radius 2 is 1.97 bits per heavy atom. The molecule has 0 saturated heterocycles. The van der Waals surface area contributed by atoms with Crippen molar-refractivity contribution in [2.75, 3.05) is 7.11 Å². The summed E-state index contributed by atoms with van der Waals surface area (Å²) >= 11 is 5.25. The van der Waals surface area contributed by atoms with Crippen molar-refractivity contribution in [2.24, 2.45) is 0 Å². The molecule has 0 fully saturated rings. The lowest BCUT2D eigenvalue weighted by molar-refractivity contribution is 0.282. The number of ether oxygens (including phenoxy) is 2. The smallest absolute Gasteiger partial charge is 0.260 e. The number of hydrogen-bond acceptors (Lipinski definition) is 5. The van der Waals surface area contributed by atoms with Crippen LogP contribution >= 0.6 is 27.3 Å². The van der Waals surface area contributed by atoms with Crippen molar-refractivity contribution in [2.45, 2.75) is 32.3 Å². The van der Waals surface area contributed by atoms with Gasteiger partial charge in [0.05, 0.1) is 17.0 Å². The minimum absolute atomic E-state index is 0.0705. The highest BCUT2D eigenvalue weighted by molar-refractivity contribution is 9.10. The van der Waals surface area contributed by atoms with Crippen molar-refractivity contribution in [1.82, 2.24) is 9.97 Å². The van der Waals surface area contributed by atoms with Gasteiger partial charge in [-0.1, -0.05) is 30.3 Å². The van der Waals surface area contributed by atoms with Gasteiger partial charge in [0, 0.05) is 10.4 Å². The second-order valence-corrected chi connectivity index (χ2v) is 9.51. The molecule has 1 aliphatic carbocycles. The zero-order chi connectivity index (χ0) is 21.4. The lowest BCUT2D eigenvalue weighted by atomic mass is 9.97. The highest BCUT2D eigenvalue weighted by Gasteiger charge is 2.21.